The number of carbonyl (C=O) groups is 1. The van der Waals surface area contributed by atoms with Crippen molar-refractivity contribution in [2.24, 2.45) is 7.05 Å². The van der Waals surface area contributed by atoms with E-state index in [1.54, 1.807) is 18.0 Å². The highest BCUT2D eigenvalue weighted by Crippen LogP contribution is 2.26. The van der Waals surface area contributed by atoms with Gasteiger partial charge in [-0.15, -0.1) is 0 Å². The van der Waals surface area contributed by atoms with Crippen LogP contribution in [0.3, 0.4) is 0 Å². The summed E-state index contributed by atoms with van der Waals surface area (Å²) < 4.78 is 1.90. The van der Waals surface area contributed by atoms with E-state index in [0.29, 0.717) is 12.1 Å². The number of amides is 1. The van der Waals surface area contributed by atoms with Gasteiger partial charge in [0.15, 0.2) is 0 Å². The number of nitrogens with zero attached hydrogens (tertiary/aromatic N) is 3. The Balaban J connectivity index is 1.61. The van der Waals surface area contributed by atoms with Crippen molar-refractivity contribution < 1.29 is 9.90 Å². The molecule has 0 fully saturated rings. The van der Waals surface area contributed by atoms with Crippen LogP contribution in [0.5, 0.6) is 5.75 Å². The summed E-state index contributed by atoms with van der Waals surface area (Å²) in [6.45, 7) is 4.35. The molecule has 0 unspecified atom stereocenters. The van der Waals surface area contributed by atoms with Gasteiger partial charge in [0.2, 0.25) is 0 Å². The van der Waals surface area contributed by atoms with Crippen molar-refractivity contribution in [1.29, 1.82) is 0 Å². The van der Waals surface area contributed by atoms with E-state index < -0.39 is 0 Å². The van der Waals surface area contributed by atoms with Crippen LogP contribution in [0.1, 0.15) is 33.6 Å². The number of aromatic nitrogens is 2. The van der Waals surface area contributed by atoms with Gasteiger partial charge in [-0.3, -0.25) is 9.48 Å². The molecule has 1 heterocycles. The van der Waals surface area contributed by atoms with E-state index in [2.05, 4.69) is 23.3 Å². The van der Waals surface area contributed by atoms with Crippen molar-refractivity contribution in [3.63, 3.8) is 0 Å². The Labute approximate surface area is 166 Å². The minimum Gasteiger partial charge on any atom is -0.507 e. The van der Waals surface area contributed by atoms with E-state index in [9.17, 15) is 9.90 Å². The highest BCUT2D eigenvalue weighted by atomic mass is 16.3. The zero-order valence-corrected chi connectivity index (χ0v) is 16.9. The Morgan fingerprint density at radius 3 is 2.57 bits per heavy atom. The molecule has 1 aromatic heterocycles. The number of rotatable bonds is 6. The molecule has 5 nitrogen and oxygen atoms in total. The van der Waals surface area contributed by atoms with Crippen molar-refractivity contribution in [3.8, 4) is 17.0 Å². The largest absolute Gasteiger partial charge is 0.507 e. The van der Waals surface area contributed by atoms with E-state index in [-0.39, 0.29) is 11.7 Å². The Bertz CT molecular complexity index is 977. The van der Waals surface area contributed by atoms with Crippen molar-refractivity contribution in [2.45, 2.75) is 26.7 Å². The van der Waals surface area contributed by atoms with Crippen LogP contribution in [0.4, 0.5) is 0 Å². The first-order chi connectivity index (χ1) is 13.4. The highest BCUT2D eigenvalue weighted by molar-refractivity contribution is 5.97. The molecule has 1 amide bonds. The standard InChI is InChI=1S/C23H27N3O2/c1-16-12-13-20(22(27)17(16)2)23(28)25(3)14-8-11-19-15-21(26(4)24-19)18-9-6-5-7-10-18/h5-7,9-10,12-13,15,27H,8,11,14H2,1-4H3. The van der Waals surface area contributed by atoms with Gasteiger partial charge in [0.1, 0.15) is 5.75 Å². The predicted octanol–water partition coefficient (Wildman–Crippen LogP) is 4.11. The molecule has 0 radical (unpaired) electrons. The second-order valence-corrected chi connectivity index (χ2v) is 7.24. The second-order valence-electron chi connectivity index (χ2n) is 7.24. The van der Waals surface area contributed by atoms with Crippen LogP contribution in [0.2, 0.25) is 0 Å². The molecule has 0 aliphatic heterocycles. The highest BCUT2D eigenvalue weighted by Gasteiger charge is 2.18. The summed E-state index contributed by atoms with van der Waals surface area (Å²) in [5.74, 6) is -0.0827. The topological polar surface area (TPSA) is 58.4 Å². The zero-order valence-electron chi connectivity index (χ0n) is 16.9. The maximum Gasteiger partial charge on any atom is 0.257 e. The molecule has 0 saturated heterocycles. The maximum absolute atomic E-state index is 12.7. The third kappa shape index (κ3) is 4.09. The molecule has 0 saturated carbocycles. The number of phenolic OH excluding ortho intramolecular Hbond substituents is 1. The molecule has 0 atom stereocenters. The van der Waals surface area contributed by atoms with Gasteiger partial charge in [-0.1, -0.05) is 36.4 Å². The van der Waals surface area contributed by atoms with Crippen molar-refractivity contribution in [1.82, 2.24) is 14.7 Å². The van der Waals surface area contributed by atoms with Gasteiger partial charge >= 0.3 is 0 Å². The Morgan fingerprint density at radius 1 is 1.14 bits per heavy atom. The number of phenols is 1. The number of carbonyl (C=O) groups excluding carboxylic acids is 1. The van der Waals surface area contributed by atoms with Crippen molar-refractivity contribution >= 4 is 5.91 Å². The third-order valence-electron chi connectivity index (χ3n) is 5.21. The number of hydrogen-bond acceptors (Lipinski definition) is 3. The monoisotopic (exact) mass is 377 g/mol. The number of aromatic hydroxyl groups is 1. The minimum atomic E-state index is -0.161. The molecule has 3 rings (SSSR count). The van der Waals surface area contributed by atoms with Crippen LogP contribution in [0.25, 0.3) is 11.3 Å². The van der Waals surface area contributed by atoms with E-state index in [0.717, 1.165) is 40.9 Å². The van der Waals surface area contributed by atoms with Crippen LogP contribution in [0.15, 0.2) is 48.5 Å². The molecule has 3 aromatic rings. The molecule has 0 aliphatic carbocycles. The van der Waals surface area contributed by atoms with Gasteiger partial charge in [0.25, 0.3) is 5.91 Å². The Hall–Kier alpha value is -3.08. The fraction of sp³-hybridized carbons (Fsp3) is 0.304. The van der Waals surface area contributed by atoms with Gasteiger partial charge in [0.05, 0.1) is 17.0 Å². The average molecular weight is 377 g/mol. The molecule has 28 heavy (non-hydrogen) atoms. The van der Waals surface area contributed by atoms with E-state index in [1.165, 1.54) is 0 Å². The third-order valence-corrected chi connectivity index (χ3v) is 5.21. The van der Waals surface area contributed by atoms with Gasteiger partial charge in [0, 0.05) is 20.6 Å². The SMILES string of the molecule is Cc1ccc(C(=O)N(C)CCCc2cc(-c3ccccc3)n(C)n2)c(O)c1C. The fourth-order valence-electron chi connectivity index (χ4n) is 3.31. The molecular formula is C23H27N3O2. The Kier molecular flexibility index (Phi) is 5.83. The first-order valence-electron chi connectivity index (χ1n) is 9.51. The second kappa shape index (κ2) is 8.30. The summed E-state index contributed by atoms with van der Waals surface area (Å²) in [5, 5.41) is 14.9. The average Bonchev–Trinajstić information content (AvgIpc) is 3.07. The molecule has 0 aliphatic rings. The first-order valence-corrected chi connectivity index (χ1v) is 9.51. The number of hydrogen-bond donors (Lipinski definition) is 1. The fourth-order valence-corrected chi connectivity index (χ4v) is 3.31. The van der Waals surface area contributed by atoms with E-state index in [1.807, 2.05) is 49.8 Å². The molecular weight excluding hydrogens is 350 g/mol. The summed E-state index contributed by atoms with van der Waals surface area (Å²) in [7, 11) is 3.72. The van der Waals surface area contributed by atoms with Crippen LogP contribution in [-0.2, 0) is 13.5 Å². The lowest BCUT2D eigenvalue weighted by molar-refractivity contribution is 0.0790. The van der Waals surface area contributed by atoms with Crippen molar-refractivity contribution in [3.05, 3.63) is 70.9 Å². The quantitative estimate of drug-likeness (QED) is 0.703. The van der Waals surface area contributed by atoms with Gasteiger partial charge in [-0.2, -0.15) is 5.10 Å². The summed E-state index contributed by atoms with van der Waals surface area (Å²) in [5.41, 5.74) is 5.31. The first kappa shape index (κ1) is 19.7. The summed E-state index contributed by atoms with van der Waals surface area (Å²) in [6.07, 6.45) is 1.59. The normalized spacial score (nSPS) is 10.9. The summed E-state index contributed by atoms with van der Waals surface area (Å²) in [6, 6.07) is 15.9. The van der Waals surface area contributed by atoms with E-state index in [4.69, 9.17) is 0 Å². The Morgan fingerprint density at radius 2 is 1.86 bits per heavy atom. The lowest BCUT2D eigenvalue weighted by atomic mass is 10.0. The molecule has 1 N–H and O–H groups in total. The number of benzene rings is 2. The maximum atomic E-state index is 12.7. The molecule has 5 heteroatoms. The predicted molar refractivity (Wildman–Crippen MR) is 112 cm³/mol. The van der Waals surface area contributed by atoms with Crippen LogP contribution in [-0.4, -0.2) is 39.3 Å². The van der Waals surface area contributed by atoms with Gasteiger partial charge < -0.3 is 10.0 Å². The van der Waals surface area contributed by atoms with E-state index >= 15 is 0 Å². The van der Waals surface area contributed by atoms with Gasteiger partial charge in [-0.05, 0) is 55.5 Å². The molecule has 2 aromatic carbocycles. The number of aryl methyl sites for hydroxylation is 3. The van der Waals surface area contributed by atoms with Crippen molar-refractivity contribution in [2.75, 3.05) is 13.6 Å². The van der Waals surface area contributed by atoms with Crippen LogP contribution >= 0.6 is 0 Å². The summed E-state index contributed by atoms with van der Waals surface area (Å²) in [4.78, 5) is 14.3. The zero-order chi connectivity index (χ0) is 20.3. The lowest BCUT2D eigenvalue weighted by Gasteiger charge is -2.18. The van der Waals surface area contributed by atoms with Crippen LogP contribution in [0, 0.1) is 13.8 Å². The minimum absolute atomic E-state index is 0.0779. The molecule has 0 bridgehead atoms. The van der Waals surface area contributed by atoms with Gasteiger partial charge in [-0.25, -0.2) is 0 Å². The smallest absolute Gasteiger partial charge is 0.257 e. The lowest BCUT2D eigenvalue weighted by Crippen LogP contribution is -2.28. The van der Waals surface area contributed by atoms with Crippen LogP contribution < -0.4 is 0 Å². The molecule has 146 valence electrons. The summed E-state index contributed by atoms with van der Waals surface area (Å²) >= 11 is 0. The molecule has 0 spiro atoms.